The van der Waals surface area contributed by atoms with E-state index in [2.05, 4.69) is 5.10 Å². The standard InChI is InChI=1S/C11H14N4O/c1-15-11(13)6-9(14-15)7-3-4-10(16-2)8(12)5-7/h3-6H,12-13H2,1-2H3. The number of ether oxygens (including phenoxy) is 1. The van der Waals surface area contributed by atoms with E-state index in [1.165, 1.54) is 0 Å². The van der Waals surface area contributed by atoms with Gasteiger partial charge in [0.15, 0.2) is 0 Å². The van der Waals surface area contributed by atoms with E-state index in [0.717, 1.165) is 11.3 Å². The summed E-state index contributed by atoms with van der Waals surface area (Å²) in [7, 11) is 3.38. The number of rotatable bonds is 2. The molecule has 5 heteroatoms. The zero-order valence-corrected chi connectivity index (χ0v) is 9.27. The third kappa shape index (κ3) is 1.67. The maximum atomic E-state index is 5.82. The Morgan fingerprint density at radius 3 is 2.50 bits per heavy atom. The van der Waals surface area contributed by atoms with Gasteiger partial charge in [0.1, 0.15) is 11.6 Å². The summed E-state index contributed by atoms with van der Waals surface area (Å²) in [5.41, 5.74) is 13.8. The second-order valence-electron chi connectivity index (χ2n) is 3.53. The van der Waals surface area contributed by atoms with Crippen molar-refractivity contribution in [2.45, 2.75) is 0 Å². The van der Waals surface area contributed by atoms with Crippen LogP contribution < -0.4 is 16.2 Å². The molecular weight excluding hydrogens is 204 g/mol. The highest BCUT2D eigenvalue weighted by atomic mass is 16.5. The predicted octanol–water partition coefficient (Wildman–Crippen LogP) is 1.26. The van der Waals surface area contributed by atoms with Crippen molar-refractivity contribution in [3.05, 3.63) is 24.3 Å². The molecule has 1 aromatic heterocycles. The number of nitrogens with zero attached hydrogens (tertiary/aromatic N) is 2. The van der Waals surface area contributed by atoms with Gasteiger partial charge in [0.05, 0.1) is 18.5 Å². The molecule has 0 spiro atoms. The van der Waals surface area contributed by atoms with E-state index in [4.69, 9.17) is 16.2 Å². The van der Waals surface area contributed by atoms with Crippen LogP contribution in [0.15, 0.2) is 24.3 Å². The van der Waals surface area contributed by atoms with E-state index >= 15 is 0 Å². The highest BCUT2D eigenvalue weighted by molar-refractivity contribution is 5.69. The van der Waals surface area contributed by atoms with Crippen LogP contribution in [0.3, 0.4) is 0 Å². The van der Waals surface area contributed by atoms with Gasteiger partial charge in [-0.3, -0.25) is 4.68 Å². The lowest BCUT2D eigenvalue weighted by molar-refractivity contribution is 0.417. The number of nitrogens with two attached hydrogens (primary N) is 2. The maximum absolute atomic E-state index is 5.82. The first-order chi connectivity index (χ1) is 7.61. The van der Waals surface area contributed by atoms with Crippen molar-refractivity contribution in [1.29, 1.82) is 0 Å². The van der Waals surface area contributed by atoms with Crippen LogP contribution in [0, 0.1) is 0 Å². The Morgan fingerprint density at radius 1 is 1.25 bits per heavy atom. The Kier molecular flexibility index (Phi) is 2.44. The van der Waals surface area contributed by atoms with Crippen LogP contribution in [0.25, 0.3) is 11.3 Å². The van der Waals surface area contributed by atoms with Gasteiger partial charge in [-0.05, 0) is 18.2 Å². The van der Waals surface area contributed by atoms with Crippen molar-refractivity contribution >= 4 is 11.5 Å². The van der Waals surface area contributed by atoms with Gasteiger partial charge in [0.2, 0.25) is 0 Å². The Morgan fingerprint density at radius 2 is 2.00 bits per heavy atom. The lowest BCUT2D eigenvalue weighted by Crippen LogP contribution is -1.96. The number of hydrogen-bond donors (Lipinski definition) is 2. The summed E-state index contributed by atoms with van der Waals surface area (Å²) in [4.78, 5) is 0. The van der Waals surface area contributed by atoms with Crippen LogP contribution in [0.4, 0.5) is 11.5 Å². The molecule has 0 saturated carbocycles. The number of aryl methyl sites for hydroxylation is 1. The molecule has 0 aliphatic heterocycles. The minimum absolute atomic E-state index is 0.587. The number of anilines is 2. The summed E-state index contributed by atoms with van der Waals surface area (Å²) in [5.74, 6) is 1.28. The van der Waals surface area contributed by atoms with Gasteiger partial charge in [0.25, 0.3) is 0 Å². The lowest BCUT2D eigenvalue weighted by atomic mass is 10.1. The quantitative estimate of drug-likeness (QED) is 0.744. The molecule has 84 valence electrons. The Labute approximate surface area is 93.6 Å². The van der Waals surface area contributed by atoms with Crippen LogP contribution in [-0.2, 0) is 7.05 Å². The maximum Gasteiger partial charge on any atom is 0.141 e. The zero-order chi connectivity index (χ0) is 11.7. The molecule has 2 aromatic rings. The molecule has 1 aromatic carbocycles. The van der Waals surface area contributed by atoms with Gasteiger partial charge in [-0.1, -0.05) is 0 Å². The summed E-state index contributed by atoms with van der Waals surface area (Å²) in [6.07, 6.45) is 0. The monoisotopic (exact) mass is 218 g/mol. The normalized spacial score (nSPS) is 10.4. The topological polar surface area (TPSA) is 79.1 Å². The Hall–Kier alpha value is -2.17. The third-order valence-electron chi connectivity index (χ3n) is 2.44. The molecule has 0 aliphatic carbocycles. The van der Waals surface area contributed by atoms with Gasteiger partial charge in [-0.15, -0.1) is 0 Å². The number of nitrogen functional groups attached to an aromatic ring is 2. The van der Waals surface area contributed by atoms with Crippen molar-refractivity contribution in [3.63, 3.8) is 0 Å². The highest BCUT2D eigenvalue weighted by Crippen LogP contribution is 2.28. The van der Waals surface area contributed by atoms with E-state index in [9.17, 15) is 0 Å². The first-order valence-electron chi connectivity index (χ1n) is 4.85. The molecule has 4 N–H and O–H groups in total. The van der Waals surface area contributed by atoms with E-state index in [1.54, 1.807) is 24.9 Å². The van der Waals surface area contributed by atoms with E-state index < -0.39 is 0 Å². The molecule has 0 fully saturated rings. The average molecular weight is 218 g/mol. The van der Waals surface area contributed by atoms with Crippen molar-refractivity contribution in [1.82, 2.24) is 9.78 Å². The third-order valence-corrected chi connectivity index (χ3v) is 2.44. The molecule has 0 saturated heterocycles. The smallest absolute Gasteiger partial charge is 0.141 e. The molecule has 0 aliphatic rings. The van der Waals surface area contributed by atoms with Crippen LogP contribution in [0.5, 0.6) is 5.75 Å². The predicted molar refractivity (Wildman–Crippen MR) is 64.0 cm³/mol. The van der Waals surface area contributed by atoms with Crippen LogP contribution in [-0.4, -0.2) is 16.9 Å². The number of methoxy groups -OCH3 is 1. The molecular formula is C11H14N4O. The molecule has 5 nitrogen and oxygen atoms in total. The van der Waals surface area contributed by atoms with Crippen LogP contribution in [0.2, 0.25) is 0 Å². The number of aromatic nitrogens is 2. The summed E-state index contributed by atoms with van der Waals surface area (Å²) in [6, 6.07) is 7.34. The summed E-state index contributed by atoms with van der Waals surface area (Å²) in [5, 5.41) is 4.27. The highest BCUT2D eigenvalue weighted by Gasteiger charge is 2.07. The van der Waals surface area contributed by atoms with Crippen LogP contribution >= 0.6 is 0 Å². The number of hydrogen-bond acceptors (Lipinski definition) is 4. The molecule has 16 heavy (non-hydrogen) atoms. The molecule has 0 unspecified atom stereocenters. The fourth-order valence-corrected chi connectivity index (χ4v) is 1.52. The first-order valence-corrected chi connectivity index (χ1v) is 4.85. The largest absolute Gasteiger partial charge is 0.495 e. The van der Waals surface area contributed by atoms with E-state index in [0.29, 0.717) is 17.3 Å². The average Bonchev–Trinajstić information content (AvgIpc) is 2.59. The lowest BCUT2D eigenvalue weighted by Gasteiger charge is -2.05. The SMILES string of the molecule is COc1ccc(-c2cc(N)n(C)n2)cc1N. The Balaban J connectivity index is 2.45. The van der Waals surface area contributed by atoms with E-state index in [1.807, 2.05) is 18.2 Å². The van der Waals surface area contributed by atoms with Gasteiger partial charge in [0, 0.05) is 18.7 Å². The molecule has 0 amide bonds. The zero-order valence-electron chi connectivity index (χ0n) is 9.27. The Bertz CT molecular complexity index is 499. The second kappa shape index (κ2) is 3.77. The van der Waals surface area contributed by atoms with E-state index in [-0.39, 0.29) is 0 Å². The van der Waals surface area contributed by atoms with Gasteiger partial charge >= 0.3 is 0 Å². The summed E-state index contributed by atoms with van der Waals surface area (Å²) >= 11 is 0. The number of benzene rings is 1. The van der Waals surface area contributed by atoms with Gasteiger partial charge in [-0.25, -0.2) is 0 Å². The minimum atomic E-state index is 0.587. The van der Waals surface area contributed by atoms with Crippen molar-refractivity contribution < 1.29 is 4.74 Å². The molecule has 0 bridgehead atoms. The van der Waals surface area contributed by atoms with Gasteiger partial charge < -0.3 is 16.2 Å². The fourth-order valence-electron chi connectivity index (χ4n) is 1.52. The van der Waals surface area contributed by atoms with Gasteiger partial charge in [-0.2, -0.15) is 5.10 Å². The summed E-state index contributed by atoms with van der Waals surface area (Å²) in [6.45, 7) is 0. The van der Waals surface area contributed by atoms with Crippen molar-refractivity contribution in [2.75, 3.05) is 18.6 Å². The molecule has 0 radical (unpaired) electrons. The molecule has 1 heterocycles. The molecule has 2 rings (SSSR count). The first kappa shape index (κ1) is 10.4. The second-order valence-corrected chi connectivity index (χ2v) is 3.53. The molecule has 0 atom stereocenters. The van der Waals surface area contributed by atoms with Crippen molar-refractivity contribution in [2.24, 2.45) is 7.05 Å². The fraction of sp³-hybridized carbons (Fsp3) is 0.182. The summed E-state index contributed by atoms with van der Waals surface area (Å²) < 4.78 is 6.71. The van der Waals surface area contributed by atoms with Crippen LogP contribution in [0.1, 0.15) is 0 Å². The minimum Gasteiger partial charge on any atom is -0.495 e. The van der Waals surface area contributed by atoms with Crippen molar-refractivity contribution in [3.8, 4) is 17.0 Å².